The first kappa shape index (κ1) is 21.3. The average Bonchev–Trinajstić information content (AvgIpc) is 2.72. The maximum absolute atomic E-state index is 12.3. The summed E-state index contributed by atoms with van der Waals surface area (Å²) in [4.78, 5) is 23.6. The van der Waals surface area contributed by atoms with Gasteiger partial charge in [0.1, 0.15) is 18.1 Å². The van der Waals surface area contributed by atoms with E-state index in [1.54, 1.807) is 36.4 Å². The van der Waals surface area contributed by atoms with Crippen LogP contribution in [0.15, 0.2) is 72.8 Å². The third-order valence-electron chi connectivity index (χ3n) is 4.79. The van der Waals surface area contributed by atoms with Crippen molar-refractivity contribution in [3.63, 3.8) is 0 Å². The van der Waals surface area contributed by atoms with Crippen LogP contribution >= 0.6 is 0 Å². The lowest BCUT2D eigenvalue weighted by Gasteiger charge is -2.19. The minimum atomic E-state index is -0.448. The lowest BCUT2D eigenvalue weighted by Crippen LogP contribution is -2.10. The Morgan fingerprint density at radius 1 is 0.733 bits per heavy atom. The van der Waals surface area contributed by atoms with Crippen molar-refractivity contribution in [3.05, 3.63) is 95.1 Å². The largest absolute Gasteiger partial charge is 0.489 e. The van der Waals surface area contributed by atoms with E-state index in [4.69, 9.17) is 9.47 Å². The van der Waals surface area contributed by atoms with Crippen LogP contribution in [0, 0.1) is 0 Å². The third kappa shape index (κ3) is 5.57. The molecule has 0 aliphatic heterocycles. The van der Waals surface area contributed by atoms with Crippen molar-refractivity contribution in [2.24, 2.45) is 0 Å². The third-order valence-corrected chi connectivity index (χ3v) is 4.79. The van der Waals surface area contributed by atoms with Crippen molar-refractivity contribution >= 4 is 11.8 Å². The lowest BCUT2D eigenvalue weighted by molar-refractivity contribution is 0.0734. The van der Waals surface area contributed by atoms with Gasteiger partial charge in [-0.2, -0.15) is 0 Å². The zero-order valence-corrected chi connectivity index (χ0v) is 17.8. The highest BCUT2D eigenvalue weighted by Crippen LogP contribution is 2.24. The number of hydrogen-bond donors (Lipinski definition) is 0. The van der Waals surface area contributed by atoms with Gasteiger partial charge in [-0.05, 0) is 72.0 Å². The lowest BCUT2D eigenvalue weighted by atomic mass is 9.87. The maximum atomic E-state index is 12.3. The predicted octanol–water partition coefficient (Wildman–Crippen LogP) is 5.98. The zero-order chi connectivity index (χ0) is 21.7. The summed E-state index contributed by atoms with van der Waals surface area (Å²) < 4.78 is 11.2. The molecule has 0 N–H and O–H groups in total. The van der Waals surface area contributed by atoms with Crippen LogP contribution in [-0.2, 0) is 12.0 Å². The molecule has 0 bridgehead atoms. The molecular formula is C26H26O4. The Morgan fingerprint density at radius 3 is 1.80 bits per heavy atom. The number of Topliss-reactive ketones (excluding diaryl/α,β-unsaturated/α-hetero) is 1. The molecule has 3 aromatic rings. The first-order valence-corrected chi connectivity index (χ1v) is 9.88. The van der Waals surface area contributed by atoms with Gasteiger partial charge in [0.25, 0.3) is 0 Å². The van der Waals surface area contributed by atoms with Gasteiger partial charge in [-0.15, -0.1) is 0 Å². The van der Waals surface area contributed by atoms with Crippen LogP contribution in [0.5, 0.6) is 11.5 Å². The highest BCUT2D eigenvalue weighted by molar-refractivity contribution is 5.94. The highest BCUT2D eigenvalue weighted by atomic mass is 16.5. The molecule has 0 unspecified atom stereocenters. The fourth-order valence-electron chi connectivity index (χ4n) is 2.88. The number of esters is 1. The summed E-state index contributed by atoms with van der Waals surface area (Å²) in [7, 11) is 0. The van der Waals surface area contributed by atoms with Crippen LogP contribution in [0.25, 0.3) is 0 Å². The summed E-state index contributed by atoms with van der Waals surface area (Å²) >= 11 is 0. The number of benzene rings is 3. The second-order valence-corrected chi connectivity index (χ2v) is 8.23. The molecule has 0 spiro atoms. The molecule has 4 nitrogen and oxygen atoms in total. The molecule has 154 valence electrons. The minimum Gasteiger partial charge on any atom is -0.489 e. The Morgan fingerprint density at radius 2 is 1.27 bits per heavy atom. The van der Waals surface area contributed by atoms with Gasteiger partial charge in [-0.1, -0.05) is 45.0 Å². The maximum Gasteiger partial charge on any atom is 0.343 e. The Bertz CT molecular complexity index is 1010. The highest BCUT2D eigenvalue weighted by Gasteiger charge is 2.13. The van der Waals surface area contributed by atoms with E-state index in [1.165, 1.54) is 12.5 Å². The summed E-state index contributed by atoms with van der Waals surface area (Å²) in [6.45, 7) is 8.44. The van der Waals surface area contributed by atoms with Crippen LogP contribution in [0.4, 0.5) is 0 Å². The molecule has 0 saturated carbocycles. The zero-order valence-electron chi connectivity index (χ0n) is 17.8. The van der Waals surface area contributed by atoms with Gasteiger partial charge < -0.3 is 9.47 Å². The van der Waals surface area contributed by atoms with Crippen LogP contribution in [0.2, 0.25) is 0 Å². The quantitative estimate of drug-likeness (QED) is 0.289. The smallest absolute Gasteiger partial charge is 0.343 e. The van der Waals surface area contributed by atoms with Gasteiger partial charge in [0, 0.05) is 5.56 Å². The summed E-state index contributed by atoms with van der Waals surface area (Å²) in [6, 6.07) is 21.7. The van der Waals surface area contributed by atoms with E-state index in [1.807, 2.05) is 24.3 Å². The fraction of sp³-hybridized carbons (Fsp3) is 0.231. The van der Waals surface area contributed by atoms with Crippen molar-refractivity contribution in [3.8, 4) is 11.5 Å². The van der Waals surface area contributed by atoms with E-state index in [-0.39, 0.29) is 11.2 Å². The molecule has 0 radical (unpaired) electrons. The first-order chi connectivity index (χ1) is 14.2. The van der Waals surface area contributed by atoms with Gasteiger partial charge in [0.05, 0.1) is 5.56 Å². The molecule has 0 atom stereocenters. The van der Waals surface area contributed by atoms with E-state index < -0.39 is 5.97 Å². The van der Waals surface area contributed by atoms with Crippen LogP contribution in [-0.4, -0.2) is 11.8 Å². The normalized spacial score (nSPS) is 11.1. The summed E-state index contributed by atoms with van der Waals surface area (Å²) in [6.07, 6.45) is 0. The fourth-order valence-corrected chi connectivity index (χ4v) is 2.88. The van der Waals surface area contributed by atoms with Gasteiger partial charge in [0.2, 0.25) is 0 Å². The second kappa shape index (κ2) is 8.95. The molecule has 0 saturated heterocycles. The minimum absolute atomic E-state index is 0.0316. The number of carbonyl (C=O) groups is 2. The molecule has 30 heavy (non-hydrogen) atoms. The van der Waals surface area contributed by atoms with Crippen molar-refractivity contribution in [1.29, 1.82) is 0 Å². The SMILES string of the molecule is CC(=O)c1ccc(OC(=O)c2ccc(COc3ccc(C(C)(C)C)cc3)cc2)cc1. The van der Waals surface area contributed by atoms with Gasteiger partial charge in [-0.3, -0.25) is 4.79 Å². The molecule has 0 heterocycles. The average molecular weight is 402 g/mol. The molecule has 0 aliphatic rings. The molecule has 4 heteroatoms. The van der Waals surface area contributed by atoms with E-state index in [9.17, 15) is 9.59 Å². The van der Waals surface area contributed by atoms with Gasteiger partial charge in [-0.25, -0.2) is 4.79 Å². The number of rotatable bonds is 6. The van der Waals surface area contributed by atoms with Crippen molar-refractivity contribution in [1.82, 2.24) is 0 Å². The molecule has 0 aromatic heterocycles. The Kier molecular flexibility index (Phi) is 6.36. The van der Waals surface area contributed by atoms with E-state index in [2.05, 4.69) is 32.9 Å². The van der Waals surface area contributed by atoms with Gasteiger partial charge >= 0.3 is 5.97 Å². The number of carbonyl (C=O) groups excluding carboxylic acids is 2. The summed E-state index contributed by atoms with van der Waals surface area (Å²) in [5.41, 5.74) is 3.35. The topological polar surface area (TPSA) is 52.6 Å². The molecule has 0 amide bonds. The molecule has 0 fully saturated rings. The van der Waals surface area contributed by atoms with E-state index >= 15 is 0 Å². The number of ether oxygens (including phenoxy) is 2. The summed E-state index contributed by atoms with van der Waals surface area (Å²) in [5, 5.41) is 0. The monoisotopic (exact) mass is 402 g/mol. The standard InChI is InChI=1S/C26H26O4/c1-18(27)20-9-13-24(14-10-20)30-25(28)21-7-5-19(6-8-21)17-29-23-15-11-22(12-16-23)26(2,3)4/h5-16H,17H2,1-4H3. The number of ketones is 1. The molecular weight excluding hydrogens is 376 g/mol. The Balaban J connectivity index is 1.56. The van der Waals surface area contributed by atoms with E-state index in [0.29, 0.717) is 23.5 Å². The van der Waals surface area contributed by atoms with Crippen LogP contribution in [0.3, 0.4) is 0 Å². The second-order valence-electron chi connectivity index (χ2n) is 8.23. The first-order valence-electron chi connectivity index (χ1n) is 9.88. The molecule has 3 rings (SSSR count). The van der Waals surface area contributed by atoms with Crippen LogP contribution < -0.4 is 9.47 Å². The Labute approximate surface area is 177 Å². The summed E-state index contributed by atoms with van der Waals surface area (Å²) in [5.74, 6) is 0.725. The van der Waals surface area contributed by atoms with E-state index in [0.717, 1.165) is 11.3 Å². The predicted molar refractivity (Wildman–Crippen MR) is 117 cm³/mol. The van der Waals surface area contributed by atoms with Crippen molar-refractivity contribution in [2.45, 2.75) is 39.7 Å². The van der Waals surface area contributed by atoms with Crippen LogP contribution in [0.1, 0.15) is 59.5 Å². The van der Waals surface area contributed by atoms with Crippen molar-refractivity contribution < 1.29 is 19.1 Å². The van der Waals surface area contributed by atoms with Crippen molar-refractivity contribution in [2.75, 3.05) is 0 Å². The van der Waals surface area contributed by atoms with Gasteiger partial charge in [0.15, 0.2) is 5.78 Å². The number of hydrogen-bond acceptors (Lipinski definition) is 4. The molecule has 3 aromatic carbocycles. The Hall–Kier alpha value is -3.40. The molecule has 0 aliphatic carbocycles.